The van der Waals surface area contributed by atoms with Crippen LogP contribution >= 0.6 is 0 Å². The Bertz CT molecular complexity index is 622. The minimum Gasteiger partial charge on any atom is -0.483 e. The van der Waals surface area contributed by atoms with E-state index in [1.54, 1.807) is 11.4 Å². The van der Waals surface area contributed by atoms with Crippen LogP contribution in [-0.4, -0.2) is 38.0 Å². The van der Waals surface area contributed by atoms with Crippen LogP contribution in [0.4, 0.5) is 32.0 Å². The van der Waals surface area contributed by atoms with Crippen molar-refractivity contribution in [3.63, 3.8) is 0 Å². The number of benzene rings is 1. The van der Waals surface area contributed by atoms with E-state index in [1.807, 2.05) is 0 Å². The molecule has 5 nitrogen and oxygen atoms in total. The number of anilines is 1. The third kappa shape index (κ3) is 7.57. The molecule has 132 valence electrons. The molecule has 0 bridgehead atoms. The quantitative estimate of drug-likeness (QED) is 0.770. The highest BCUT2D eigenvalue weighted by atomic mass is 19.4. The van der Waals surface area contributed by atoms with Crippen LogP contribution in [0.2, 0.25) is 0 Å². The molecular weight excluding hydrogens is 344 g/mol. The maximum atomic E-state index is 12.1. The average molecular weight is 355 g/mol. The van der Waals surface area contributed by atoms with Crippen molar-refractivity contribution in [1.82, 2.24) is 5.32 Å². The minimum atomic E-state index is -4.57. The van der Waals surface area contributed by atoms with E-state index in [4.69, 9.17) is 5.26 Å². The van der Waals surface area contributed by atoms with E-state index in [0.29, 0.717) is 0 Å². The number of carbonyl (C=O) groups excluding carboxylic acids is 1. The van der Waals surface area contributed by atoms with Crippen molar-refractivity contribution in [1.29, 1.82) is 5.26 Å². The Kier molecular flexibility index (Phi) is 6.27. The van der Waals surface area contributed by atoms with Crippen molar-refractivity contribution in [2.75, 3.05) is 25.0 Å². The molecule has 1 rings (SSSR count). The standard InChI is InChI=1S/C13H11F6N3O2/c14-12(15,16)6-22-11(23)5-21-9-1-2-10(8(3-9)4-20)24-7-13(17,18)19/h1-3,21H,5-7H2,(H,22,23). The third-order valence-electron chi connectivity index (χ3n) is 2.43. The second kappa shape index (κ2) is 7.76. The van der Waals surface area contributed by atoms with Crippen LogP contribution in [-0.2, 0) is 4.79 Å². The zero-order valence-corrected chi connectivity index (χ0v) is 11.9. The van der Waals surface area contributed by atoms with Gasteiger partial charge in [-0.25, -0.2) is 0 Å². The Hall–Kier alpha value is -2.64. The van der Waals surface area contributed by atoms with E-state index in [0.717, 1.165) is 12.1 Å². The summed E-state index contributed by atoms with van der Waals surface area (Å²) in [7, 11) is 0. The molecule has 1 aromatic rings. The summed E-state index contributed by atoms with van der Waals surface area (Å²) in [5, 5.41) is 13.0. The van der Waals surface area contributed by atoms with Gasteiger partial charge in [0.1, 0.15) is 18.4 Å². The first-order valence-corrected chi connectivity index (χ1v) is 6.31. The summed E-state index contributed by atoms with van der Waals surface area (Å²) in [6, 6.07) is 5.05. The van der Waals surface area contributed by atoms with Gasteiger partial charge >= 0.3 is 12.4 Å². The van der Waals surface area contributed by atoms with Gasteiger partial charge in [0.2, 0.25) is 5.91 Å². The Morgan fingerprint density at radius 2 is 1.83 bits per heavy atom. The lowest BCUT2D eigenvalue weighted by Crippen LogP contribution is -2.37. The lowest BCUT2D eigenvalue weighted by atomic mass is 10.2. The average Bonchev–Trinajstić information content (AvgIpc) is 2.47. The monoisotopic (exact) mass is 355 g/mol. The van der Waals surface area contributed by atoms with Gasteiger partial charge in [-0.2, -0.15) is 31.6 Å². The van der Waals surface area contributed by atoms with Crippen LogP contribution in [0.25, 0.3) is 0 Å². The number of nitriles is 1. The number of alkyl halides is 6. The maximum Gasteiger partial charge on any atom is 0.422 e. The number of nitrogens with zero attached hydrogens (tertiary/aromatic N) is 1. The first-order valence-electron chi connectivity index (χ1n) is 6.31. The van der Waals surface area contributed by atoms with Gasteiger partial charge in [-0.15, -0.1) is 0 Å². The molecule has 1 aromatic carbocycles. The lowest BCUT2D eigenvalue weighted by molar-refractivity contribution is -0.153. The summed E-state index contributed by atoms with van der Waals surface area (Å²) >= 11 is 0. The van der Waals surface area contributed by atoms with Gasteiger partial charge in [-0.1, -0.05) is 0 Å². The van der Waals surface area contributed by atoms with Gasteiger partial charge in [-0.3, -0.25) is 4.79 Å². The number of hydrogen-bond acceptors (Lipinski definition) is 4. The Morgan fingerprint density at radius 1 is 1.17 bits per heavy atom. The number of rotatable bonds is 6. The summed E-state index contributed by atoms with van der Waals surface area (Å²) in [6.07, 6.45) is -9.11. The molecule has 0 spiro atoms. The fourth-order valence-electron chi connectivity index (χ4n) is 1.46. The van der Waals surface area contributed by atoms with Crippen LogP contribution in [0.1, 0.15) is 5.56 Å². The summed E-state index contributed by atoms with van der Waals surface area (Å²) < 4.78 is 76.4. The summed E-state index contributed by atoms with van der Waals surface area (Å²) in [5.41, 5.74) is -0.0620. The van der Waals surface area contributed by atoms with Crippen molar-refractivity contribution in [3.8, 4) is 11.8 Å². The van der Waals surface area contributed by atoms with Gasteiger partial charge in [0.25, 0.3) is 0 Å². The van der Waals surface area contributed by atoms with E-state index >= 15 is 0 Å². The Labute approximate surface area is 132 Å². The third-order valence-corrected chi connectivity index (χ3v) is 2.43. The predicted octanol–water partition coefficient (Wildman–Crippen LogP) is 2.59. The summed E-state index contributed by atoms with van der Waals surface area (Å²) in [4.78, 5) is 11.2. The lowest BCUT2D eigenvalue weighted by Gasteiger charge is -2.12. The van der Waals surface area contributed by atoms with Gasteiger partial charge in [0.05, 0.1) is 12.1 Å². The van der Waals surface area contributed by atoms with E-state index in [-0.39, 0.29) is 17.0 Å². The van der Waals surface area contributed by atoms with Gasteiger partial charge in [-0.05, 0) is 18.2 Å². The van der Waals surface area contributed by atoms with Gasteiger partial charge in [0.15, 0.2) is 6.61 Å². The fourth-order valence-corrected chi connectivity index (χ4v) is 1.46. The van der Waals surface area contributed by atoms with Crippen molar-refractivity contribution < 1.29 is 35.9 Å². The molecule has 0 heterocycles. The molecule has 1 amide bonds. The summed E-state index contributed by atoms with van der Waals surface area (Å²) in [6.45, 7) is -3.57. The van der Waals surface area contributed by atoms with Gasteiger partial charge < -0.3 is 15.4 Å². The van der Waals surface area contributed by atoms with Crippen molar-refractivity contribution in [2.45, 2.75) is 12.4 Å². The number of amides is 1. The smallest absolute Gasteiger partial charge is 0.422 e. The number of hydrogen-bond donors (Lipinski definition) is 2. The molecule has 0 saturated carbocycles. The van der Waals surface area contributed by atoms with Crippen molar-refractivity contribution in [3.05, 3.63) is 23.8 Å². The van der Waals surface area contributed by atoms with Crippen LogP contribution in [0, 0.1) is 11.3 Å². The van der Waals surface area contributed by atoms with E-state index < -0.39 is 38.0 Å². The first-order chi connectivity index (χ1) is 11.0. The van der Waals surface area contributed by atoms with E-state index in [9.17, 15) is 31.1 Å². The minimum absolute atomic E-state index is 0.160. The number of nitrogens with one attached hydrogen (secondary N) is 2. The molecule has 0 saturated heterocycles. The van der Waals surface area contributed by atoms with E-state index in [2.05, 4.69) is 10.1 Å². The van der Waals surface area contributed by atoms with Crippen LogP contribution in [0.5, 0.6) is 5.75 Å². The molecule has 11 heteroatoms. The fraction of sp³-hybridized carbons (Fsp3) is 0.385. The molecule has 0 aliphatic carbocycles. The molecule has 0 fully saturated rings. The Morgan fingerprint density at radius 3 is 2.38 bits per heavy atom. The molecule has 0 unspecified atom stereocenters. The largest absolute Gasteiger partial charge is 0.483 e. The molecule has 0 atom stereocenters. The highest BCUT2D eigenvalue weighted by molar-refractivity contribution is 5.80. The molecule has 2 N–H and O–H groups in total. The van der Waals surface area contributed by atoms with Crippen LogP contribution in [0.15, 0.2) is 18.2 Å². The first kappa shape index (κ1) is 19.4. The Balaban J connectivity index is 2.61. The van der Waals surface area contributed by atoms with Gasteiger partial charge in [0, 0.05) is 5.69 Å². The highest BCUT2D eigenvalue weighted by Crippen LogP contribution is 2.24. The highest BCUT2D eigenvalue weighted by Gasteiger charge is 2.29. The predicted molar refractivity (Wildman–Crippen MR) is 70.3 cm³/mol. The van der Waals surface area contributed by atoms with E-state index in [1.165, 1.54) is 6.07 Å². The van der Waals surface area contributed by atoms with Crippen molar-refractivity contribution >= 4 is 11.6 Å². The molecule has 0 aromatic heterocycles. The molecule has 0 radical (unpaired) electrons. The molecule has 24 heavy (non-hydrogen) atoms. The maximum absolute atomic E-state index is 12.1. The molecular formula is C13H11F6N3O2. The number of ether oxygens (including phenoxy) is 1. The van der Waals surface area contributed by atoms with Crippen molar-refractivity contribution in [2.24, 2.45) is 0 Å². The molecule has 0 aliphatic rings. The normalized spacial score (nSPS) is 11.5. The zero-order chi connectivity index (χ0) is 18.4. The van der Waals surface area contributed by atoms with Crippen LogP contribution < -0.4 is 15.4 Å². The molecule has 0 aliphatic heterocycles. The second-order valence-electron chi connectivity index (χ2n) is 4.47. The number of halogens is 6. The zero-order valence-electron chi connectivity index (χ0n) is 11.9. The summed E-state index contributed by atoms with van der Waals surface area (Å²) in [5.74, 6) is -1.25. The topological polar surface area (TPSA) is 74.2 Å². The SMILES string of the molecule is N#Cc1cc(NCC(=O)NCC(F)(F)F)ccc1OCC(F)(F)F. The van der Waals surface area contributed by atoms with Crippen LogP contribution in [0.3, 0.4) is 0 Å². The number of carbonyl (C=O) groups is 1. The second-order valence-corrected chi connectivity index (χ2v) is 4.47.